The molecular weight excluding hydrogens is 466 g/mol. The summed E-state index contributed by atoms with van der Waals surface area (Å²) in [4.78, 5) is 40.3. The summed E-state index contributed by atoms with van der Waals surface area (Å²) in [5.41, 5.74) is 0.297. The lowest BCUT2D eigenvalue weighted by molar-refractivity contribution is -0.159. The zero-order valence-electron chi connectivity index (χ0n) is 22.3. The van der Waals surface area contributed by atoms with Crippen molar-refractivity contribution in [3.8, 4) is 0 Å². The lowest BCUT2D eigenvalue weighted by atomic mass is 9.44. The number of carbonyl (C=O) groups is 3. The second-order valence-electron chi connectivity index (χ2n) is 13.7. The molecule has 1 heterocycles. The van der Waals surface area contributed by atoms with Crippen LogP contribution in [-0.2, 0) is 14.4 Å². The van der Waals surface area contributed by atoms with Crippen LogP contribution in [0.2, 0.25) is 0 Å². The van der Waals surface area contributed by atoms with Crippen molar-refractivity contribution in [2.24, 2.45) is 52.3 Å². The maximum atomic E-state index is 13.6. The molecule has 1 aromatic heterocycles. The number of hydrogen-bond acceptors (Lipinski definition) is 4. The summed E-state index contributed by atoms with van der Waals surface area (Å²) in [5.74, 6) is 3.76. The summed E-state index contributed by atoms with van der Waals surface area (Å²) in [6.45, 7) is 7.14. The van der Waals surface area contributed by atoms with Gasteiger partial charge in [-0.15, -0.1) is 11.3 Å². The first-order chi connectivity index (χ1) is 17.2. The van der Waals surface area contributed by atoms with Crippen LogP contribution in [0, 0.1) is 52.3 Å². The van der Waals surface area contributed by atoms with E-state index in [2.05, 4.69) is 43.6 Å². The third-order valence-corrected chi connectivity index (χ3v) is 12.8. The number of rotatable bonds is 6. The summed E-state index contributed by atoms with van der Waals surface area (Å²) in [5, 5.41) is 5.51. The van der Waals surface area contributed by atoms with E-state index in [-0.39, 0.29) is 34.6 Å². The molecule has 4 nitrogen and oxygen atoms in total. The number of Topliss-reactive ketones (excluding diaryl/α,β-unsaturated/α-hetero) is 2. The molecule has 0 bridgehead atoms. The predicted molar refractivity (Wildman–Crippen MR) is 142 cm³/mol. The van der Waals surface area contributed by atoms with Crippen molar-refractivity contribution >= 4 is 28.8 Å². The molecule has 5 fully saturated rings. The lowest BCUT2D eigenvalue weighted by Crippen LogP contribution is -2.57. The van der Waals surface area contributed by atoms with Gasteiger partial charge in [-0.3, -0.25) is 14.4 Å². The van der Waals surface area contributed by atoms with Crippen LogP contribution in [-0.4, -0.2) is 17.5 Å². The molecule has 5 saturated carbocycles. The molecule has 36 heavy (non-hydrogen) atoms. The summed E-state index contributed by atoms with van der Waals surface area (Å²) in [7, 11) is 0. The minimum absolute atomic E-state index is 0.147. The molecule has 5 aliphatic carbocycles. The number of carbonyl (C=O) groups excluding carboxylic acids is 3. The third-order valence-electron chi connectivity index (χ3n) is 11.8. The van der Waals surface area contributed by atoms with E-state index in [1.807, 2.05) is 0 Å². The monoisotopic (exact) mass is 509 g/mol. The lowest BCUT2D eigenvalue weighted by Gasteiger charge is -2.59. The number of thiophene rings is 1. The maximum Gasteiger partial charge on any atom is 0.220 e. The van der Waals surface area contributed by atoms with Crippen LogP contribution in [0.15, 0.2) is 17.5 Å². The van der Waals surface area contributed by atoms with E-state index in [4.69, 9.17) is 0 Å². The molecular formula is C31H43NO3S. The van der Waals surface area contributed by atoms with Gasteiger partial charge in [0.25, 0.3) is 0 Å². The van der Waals surface area contributed by atoms with Gasteiger partial charge >= 0.3 is 0 Å². The average Bonchev–Trinajstić information content (AvgIpc) is 3.39. The fourth-order valence-corrected chi connectivity index (χ4v) is 10.6. The van der Waals surface area contributed by atoms with E-state index in [1.54, 1.807) is 11.3 Å². The highest BCUT2D eigenvalue weighted by atomic mass is 32.1. The van der Waals surface area contributed by atoms with Gasteiger partial charge in [-0.25, -0.2) is 0 Å². The molecule has 5 heteroatoms. The highest BCUT2D eigenvalue weighted by molar-refractivity contribution is 7.10. The fourth-order valence-electron chi connectivity index (χ4n) is 9.69. The van der Waals surface area contributed by atoms with Gasteiger partial charge in [-0.05, 0) is 103 Å². The number of nitrogens with one attached hydrogen (secondary N) is 1. The van der Waals surface area contributed by atoms with Crippen LogP contribution < -0.4 is 5.32 Å². The normalized spacial score (nSPS) is 41.7. The summed E-state index contributed by atoms with van der Waals surface area (Å²) in [6.07, 6.45) is 10.5. The van der Waals surface area contributed by atoms with Gasteiger partial charge in [-0.1, -0.05) is 26.8 Å². The van der Waals surface area contributed by atoms with E-state index in [1.165, 1.54) is 24.1 Å². The largest absolute Gasteiger partial charge is 0.348 e. The number of hydrogen-bond donors (Lipinski definition) is 1. The van der Waals surface area contributed by atoms with Crippen molar-refractivity contribution in [3.05, 3.63) is 22.4 Å². The van der Waals surface area contributed by atoms with Gasteiger partial charge in [0.15, 0.2) is 0 Å². The van der Waals surface area contributed by atoms with Crippen LogP contribution in [0.1, 0.15) is 102 Å². The smallest absolute Gasteiger partial charge is 0.220 e. The van der Waals surface area contributed by atoms with E-state index >= 15 is 0 Å². The third kappa shape index (κ3) is 4.03. The Labute approximate surface area is 220 Å². The first kappa shape index (κ1) is 24.8. The van der Waals surface area contributed by atoms with Gasteiger partial charge in [0.1, 0.15) is 11.6 Å². The Bertz CT molecular complexity index is 1030. The Morgan fingerprint density at radius 2 is 1.83 bits per heavy atom. The minimum atomic E-state index is 0.147. The Morgan fingerprint density at radius 3 is 2.56 bits per heavy atom. The van der Waals surface area contributed by atoms with Crippen LogP contribution in [0.5, 0.6) is 0 Å². The fraction of sp³-hybridized carbons (Fsp3) is 0.774. The molecule has 6 rings (SSSR count). The molecule has 5 aliphatic rings. The van der Waals surface area contributed by atoms with Crippen LogP contribution in [0.3, 0.4) is 0 Å². The van der Waals surface area contributed by atoms with Crippen molar-refractivity contribution in [3.63, 3.8) is 0 Å². The van der Waals surface area contributed by atoms with Gasteiger partial charge < -0.3 is 5.32 Å². The van der Waals surface area contributed by atoms with E-state index < -0.39 is 0 Å². The first-order valence-corrected chi connectivity index (χ1v) is 15.5. The maximum absolute atomic E-state index is 13.6. The zero-order valence-corrected chi connectivity index (χ0v) is 23.1. The quantitative estimate of drug-likeness (QED) is 0.461. The molecule has 1 amide bonds. The number of ketones is 2. The predicted octanol–water partition coefficient (Wildman–Crippen LogP) is 6.75. The Hall–Kier alpha value is -1.49. The van der Waals surface area contributed by atoms with Crippen LogP contribution >= 0.6 is 11.3 Å². The van der Waals surface area contributed by atoms with Gasteiger partial charge in [0.05, 0.1) is 6.04 Å². The van der Waals surface area contributed by atoms with E-state index in [0.717, 1.165) is 25.7 Å². The van der Waals surface area contributed by atoms with Crippen LogP contribution in [0.25, 0.3) is 0 Å². The zero-order chi connectivity index (χ0) is 25.2. The second kappa shape index (κ2) is 9.06. The molecule has 7 unspecified atom stereocenters. The molecule has 0 spiro atoms. The SMILES string of the molecule is C[C@H](CC(=O)NC(c1cccs1)C1CC1)C1CCC2C3C(=O)CC4CC(=O)CCC4(C)[C@H]3CCC21C. The van der Waals surface area contributed by atoms with Crippen molar-refractivity contribution in [1.82, 2.24) is 5.32 Å². The summed E-state index contributed by atoms with van der Waals surface area (Å²) in [6, 6.07) is 4.43. The van der Waals surface area contributed by atoms with Gasteiger partial charge in [0.2, 0.25) is 5.91 Å². The highest BCUT2D eigenvalue weighted by Gasteiger charge is 2.63. The van der Waals surface area contributed by atoms with Crippen molar-refractivity contribution in [1.29, 1.82) is 0 Å². The van der Waals surface area contributed by atoms with Crippen molar-refractivity contribution < 1.29 is 14.4 Å². The Kier molecular flexibility index (Phi) is 6.25. The average molecular weight is 510 g/mol. The minimum Gasteiger partial charge on any atom is -0.348 e. The molecule has 0 radical (unpaired) electrons. The summed E-state index contributed by atoms with van der Waals surface area (Å²) < 4.78 is 0. The van der Waals surface area contributed by atoms with Gasteiger partial charge in [-0.2, -0.15) is 0 Å². The number of fused-ring (bicyclic) bond motifs is 5. The first-order valence-electron chi connectivity index (χ1n) is 14.6. The van der Waals surface area contributed by atoms with Crippen molar-refractivity contribution in [2.75, 3.05) is 0 Å². The van der Waals surface area contributed by atoms with Gasteiger partial charge in [0, 0.05) is 36.5 Å². The number of amides is 1. The topological polar surface area (TPSA) is 63.2 Å². The molecule has 196 valence electrons. The summed E-state index contributed by atoms with van der Waals surface area (Å²) >= 11 is 1.75. The molecule has 0 aromatic carbocycles. The molecule has 9 atom stereocenters. The van der Waals surface area contributed by atoms with Crippen LogP contribution in [0.4, 0.5) is 0 Å². The molecule has 0 saturated heterocycles. The molecule has 1 N–H and O–H groups in total. The standard InChI is InChI=1S/C31H43NO3S/c1-18(15-27(35)32-29(19-6-7-19)26-5-4-14-36-26)22-8-9-23-28-24(11-13-31(22,23)3)30(2)12-10-21(33)16-20(30)17-25(28)34/h4-5,14,18-20,22-24,28-29H,6-13,15-17H2,1-3H3,(H,32,35)/t18-,20?,22?,23?,24+,28?,29?,30?,31?/m1/s1. The highest BCUT2D eigenvalue weighted by Crippen LogP contribution is 2.67. The van der Waals surface area contributed by atoms with E-state index in [9.17, 15) is 14.4 Å². The Balaban J connectivity index is 1.15. The van der Waals surface area contributed by atoms with Crippen molar-refractivity contribution in [2.45, 2.75) is 97.4 Å². The molecule has 0 aliphatic heterocycles. The second-order valence-corrected chi connectivity index (χ2v) is 14.6. The Morgan fingerprint density at radius 1 is 1.06 bits per heavy atom. The van der Waals surface area contributed by atoms with E-state index in [0.29, 0.717) is 66.8 Å². The molecule has 1 aromatic rings.